The Morgan fingerprint density at radius 3 is 2.63 bits per heavy atom. The first kappa shape index (κ1) is 13.9. The van der Waals surface area contributed by atoms with Crippen LogP contribution < -0.4 is 10.1 Å². The van der Waals surface area contributed by atoms with E-state index in [1.165, 1.54) is 10.4 Å². The Balaban J connectivity index is 2.05. The van der Waals surface area contributed by atoms with Crippen molar-refractivity contribution in [2.24, 2.45) is 0 Å². The van der Waals surface area contributed by atoms with Crippen LogP contribution >= 0.6 is 11.3 Å². The number of ether oxygens (including phenoxy) is 1. The molecule has 1 heterocycles. The highest BCUT2D eigenvalue weighted by molar-refractivity contribution is 7.11. The van der Waals surface area contributed by atoms with Crippen molar-refractivity contribution in [2.45, 2.75) is 34.2 Å². The van der Waals surface area contributed by atoms with Gasteiger partial charge < -0.3 is 10.1 Å². The molecule has 0 aliphatic carbocycles. The lowest BCUT2D eigenvalue weighted by atomic mass is 10.2. The van der Waals surface area contributed by atoms with E-state index in [0.29, 0.717) is 6.61 Å². The molecule has 102 valence electrons. The molecule has 0 radical (unpaired) electrons. The number of benzene rings is 1. The van der Waals surface area contributed by atoms with E-state index in [1.807, 2.05) is 19.9 Å². The number of nitrogens with zero attached hydrogens (tertiary/aromatic N) is 1. The van der Waals surface area contributed by atoms with Gasteiger partial charge >= 0.3 is 0 Å². The normalized spacial score (nSPS) is 10.5. The van der Waals surface area contributed by atoms with Gasteiger partial charge in [0.1, 0.15) is 5.75 Å². The predicted molar refractivity (Wildman–Crippen MR) is 81.3 cm³/mol. The van der Waals surface area contributed by atoms with Gasteiger partial charge in [-0.2, -0.15) is 0 Å². The van der Waals surface area contributed by atoms with Gasteiger partial charge in [0.2, 0.25) is 0 Å². The Morgan fingerprint density at radius 1 is 1.26 bits per heavy atom. The molecule has 3 nitrogen and oxygen atoms in total. The highest BCUT2D eigenvalue weighted by atomic mass is 32.1. The fraction of sp³-hybridized carbons (Fsp3) is 0.400. The van der Waals surface area contributed by atoms with Crippen LogP contribution in [0.5, 0.6) is 5.75 Å². The van der Waals surface area contributed by atoms with Crippen LogP contribution in [0.3, 0.4) is 0 Å². The number of hydrogen-bond acceptors (Lipinski definition) is 4. The summed E-state index contributed by atoms with van der Waals surface area (Å²) in [6.45, 7) is 9.72. The minimum Gasteiger partial charge on any atom is -0.494 e. The molecular weight excluding hydrogens is 256 g/mol. The van der Waals surface area contributed by atoms with Gasteiger partial charge in [-0.15, -0.1) is 11.3 Å². The maximum Gasteiger partial charge on any atom is 0.119 e. The molecule has 2 rings (SSSR count). The molecular formula is C15H20N2OS. The third kappa shape index (κ3) is 3.47. The molecule has 0 aliphatic heterocycles. The lowest BCUT2D eigenvalue weighted by Gasteiger charge is -2.11. The maximum absolute atomic E-state index is 5.49. The molecule has 0 saturated heterocycles. The Bertz CT molecular complexity index is 563. The largest absolute Gasteiger partial charge is 0.494 e. The van der Waals surface area contributed by atoms with Crippen molar-refractivity contribution in [1.82, 2.24) is 4.98 Å². The summed E-state index contributed by atoms with van der Waals surface area (Å²) >= 11 is 1.75. The van der Waals surface area contributed by atoms with Gasteiger partial charge in [-0.3, -0.25) is 0 Å². The summed E-state index contributed by atoms with van der Waals surface area (Å²) in [7, 11) is 0. The van der Waals surface area contributed by atoms with Crippen LogP contribution in [-0.2, 0) is 6.54 Å². The SMILES string of the molecule is CCOc1ccc(NCc2sc(C)nc2C)c(C)c1. The first-order chi connectivity index (χ1) is 9.10. The topological polar surface area (TPSA) is 34.1 Å². The van der Waals surface area contributed by atoms with Gasteiger partial charge in [0, 0.05) is 10.6 Å². The Hall–Kier alpha value is -1.55. The van der Waals surface area contributed by atoms with Crippen molar-refractivity contribution in [3.05, 3.63) is 39.3 Å². The molecule has 0 atom stereocenters. The Kier molecular flexibility index (Phi) is 4.43. The van der Waals surface area contributed by atoms with Crippen molar-refractivity contribution in [1.29, 1.82) is 0 Å². The van der Waals surface area contributed by atoms with Crippen molar-refractivity contribution in [3.63, 3.8) is 0 Å². The standard InChI is InChI=1S/C15H20N2OS/c1-5-18-13-6-7-14(10(2)8-13)16-9-15-11(3)17-12(4)19-15/h6-8,16H,5,9H2,1-4H3. The molecule has 0 unspecified atom stereocenters. The number of aryl methyl sites for hydroxylation is 3. The van der Waals surface area contributed by atoms with Gasteiger partial charge in [-0.05, 0) is 51.5 Å². The second-order valence-electron chi connectivity index (χ2n) is 4.50. The van der Waals surface area contributed by atoms with Gasteiger partial charge in [0.25, 0.3) is 0 Å². The number of nitrogens with one attached hydrogen (secondary N) is 1. The molecule has 19 heavy (non-hydrogen) atoms. The minimum absolute atomic E-state index is 0.700. The molecule has 4 heteroatoms. The van der Waals surface area contributed by atoms with Gasteiger partial charge in [0.05, 0.1) is 23.9 Å². The van der Waals surface area contributed by atoms with Crippen LogP contribution in [0.2, 0.25) is 0 Å². The fourth-order valence-corrected chi connectivity index (χ4v) is 2.88. The lowest BCUT2D eigenvalue weighted by Crippen LogP contribution is -2.01. The number of anilines is 1. The minimum atomic E-state index is 0.700. The summed E-state index contributed by atoms with van der Waals surface area (Å²) < 4.78 is 5.49. The smallest absolute Gasteiger partial charge is 0.119 e. The van der Waals surface area contributed by atoms with Crippen LogP contribution in [0.25, 0.3) is 0 Å². The second kappa shape index (κ2) is 6.06. The summed E-state index contributed by atoms with van der Waals surface area (Å²) in [5.74, 6) is 0.926. The quantitative estimate of drug-likeness (QED) is 0.893. The summed E-state index contributed by atoms with van der Waals surface area (Å²) in [6, 6.07) is 6.14. The molecule has 1 aromatic heterocycles. The number of hydrogen-bond donors (Lipinski definition) is 1. The number of thiazole rings is 1. The summed E-state index contributed by atoms with van der Waals surface area (Å²) in [5, 5.41) is 4.59. The number of aromatic nitrogens is 1. The van der Waals surface area contributed by atoms with Crippen molar-refractivity contribution >= 4 is 17.0 Å². The van der Waals surface area contributed by atoms with E-state index < -0.39 is 0 Å². The highest BCUT2D eigenvalue weighted by Crippen LogP contribution is 2.23. The van der Waals surface area contributed by atoms with Gasteiger partial charge in [-0.25, -0.2) is 4.98 Å². The average molecular weight is 276 g/mol. The molecule has 0 amide bonds. The first-order valence-electron chi connectivity index (χ1n) is 6.50. The maximum atomic E-state index is 5.49. The predicted octanol–water partition coefficient (Wildman–Crippen LogP) is 4.08. The Morgan fingerprint density at radius 2 is 2.05 bits per heavy atom. The Labute approximate surface area is 118 Å². The third-order valence-corrected chi connectivity index (χ3v) is 4.02. The molecule has 0 spiro atoms. The molecule has 2 aromatic rings. The van der Waals surface area contributed by atoms with Crippen molar-refractivity contribution < 1.29 is 4.74 Å². The van der Waals surface area contributed by atoms with E-state index in [1.54, 1.807) is 11.3 Å². The van der Waals surface area contributed by atoms with E-state index >= 15 is 0 Å². The van der Waals surface area contributed by atoms with Gasteiger partial charge in [-0.1, -0.05) is 0 Å². The molecule has 0 bridgehead atoms. The average Bonchev–Trinajstić information content (AvgIpc) is 2.67. The van der Waals surface area contributed by atoms with Crippen LogP contribution in [0, 0.1) is 20.8 Å². The number of rotatable bonds is 5. The molecule has 1 N–H and O–H groups in total. The molecule has 1 aromatic carbocycles. The summed E-state index contributed by atoms with van der Waals surface area (Å²) in [5.41, 5.74) is 3.47. The lowest BCUT2D eigenvalue weighted by molar-refractivity contribution is 0.340. The summed E-state index contributed by atoms with van der Waals surface area (Å²) in [4.78, 5) is 5.74. The molecule has 0 aliphatic rings. The van der Waals surface area contributed by atoms with Crippen molar-refractivity contribution in [2.75, 3.05) is 11.9 Å². The van der Waals surface area contributed by atoms with E-state index in [2.05, 4.69) is 36.3 Å². The van der Waals surface area contributed by atoms with E-state index in [9.17, 15) is 0 Å². The third-order valence-electron chi connectivity index (χ3n) is 2.95. The fourth-order valence-electron chi connectivity index (χ4n) is 2.00. The first-order valence-corrected chi connectivity index (χ1v) is 7.32. The van der Waals surface area contributed by atoms with Crippen LogP contribution in [0.4, 0.5) is 5.69 Å². The zero-order valence-electron chi connectivity index (χ0n) is 11.9. The second-order valence-corrected chi connectivity index (χ2v) is 5.79. The van der Waals surface area contributed by atoms with E-state index in [-0.39, 0.29) is 0 Å². The van der Waals surface area contributed by atoms with Crippen LogP contribution in [0.1, 0.15) is 28.1 Å². The monoisotopic (exact) mass is 276 g/mol. The highest BCUT2D eigenvalue weighted by Gasteiger charge is 2.06. The van der Waals surface area contributed by atoms with E-state index in [0.717, 1.165) is 28.7 Å². The zero-order valence-corrected chi connectivity index (χ0v) is 12.7. The van der Waals surface area contributed by atoms with Crippen LogP contribution in [-0.4, -0.2) is 11.6 Å². The zero-order chi connectivity index (χ0) is 13.8. The van der Waals surface area contributed by atoms with Crippen molar-refractivity contribution in [3.8, 4) is 5.75 Å². The van der Waals surface area contributed by atoms with Gasteiger partial charge in [0.15, 0.2) is 0 Å². The van der Waals surface area contributed by atoms with Crippen LogP contribution in [0.15, 0.2) is 18.2 Å². The molecule has 0 saturated carbocycles. The van der Waals surface area contributed by atoms with E-state index in [4.69, 9.17) is 4.74 Å². The molecule has 0 fully saturated rings. The summed E-state index contributed by atoms with van der Waals surface area (Å²) in [6.07, 6.45) is 0.